The number of sulfone groups is 1. The number of ether oxygens (including phenoxy) is 2. The van der Waals surface area contributed by atoms with Crippen LogP contribution in [0.4, 0.5) is 0 Å². The number of nitrogens with zero attached hydrogens (tertiary/aromatic N) is 2. The minimum atomic E-state index is -4.11. The summed E-state index contributed by atoms with van der Waals surface area (Å²) in [6, 6.07) is 15.3. The first-order chi connectivity index (χ1) is 21.7. The van der Waals surface area contributed by atoms with E-state index < -0.39 is 61.1 Å². The Balaban J connectivity index is 1.51. The number of sulfonamides is 1. The van der Waals surface area contributed by atoms with Gasteiger partial charge in [0.15, 0.2) is 27.1 Å². The molecular formula is C32H39N3O9S2. The third kappa shape index (κ3) is 9.34. The highest BCUT2D eigenvalue weighted by Gasteiger charge is 2.33. The van der Waals surface area contributed by atoms with Crippen molar-refractivity contribution in [2.24, 2.45) is 11.8 Å². The maximum Gasteiger partial charge on any atom is 0.243 e. The van der Waals surface area contributed by atoms with Crippen LogP contribution < -0.4 is 14.8 Å². The predicted molar refractivity (Wildman–Crippen MR) is 171 cm³/mol. The fraction of sp³-hybridized carbons (Fsp3) is 0.406. The number of aliphatic hydroxyl groups excluding tert-OH is 1. The zero-order chi connectivity index (χ0) is 33.5. The molecule has 1 aliphatic rings. The summed E-state index contributed by atoms with van der Waals surface area (Å²) >= 11 is 0. The summed E-state index contributed by atoms with van der Waals surface area (Å²) in [4.78, 5) is 29.6. The smallest absolute Gasteiger partial charge is 0.243 e. The highest BCUT2D eigenvalue weighted by atomic mass is 32.2. The molecule has 0 fully saturated rings. The molecule has 14 heteroatoms. The number of aliphatic hydroxyl groups is 1. The van der Waals surface area contributed by atoms with Gasteiger partial charge in [0.2, 0.25) is 22.7 Å². The van der Waals surface area contributed by atoms with Crippen LogP contribution in [0.3, 0.4) is 0 Å². The molecule has 2 heterocycles. The fourth-order valence-electron chi connectivity index (χ4n) is 5.00. The van der Waals surface area contributed by atoms with Gasteiger partial charge >= 0.3 is 0 Å². The van der Waals surface area contributed by atoms with Crippen molar-refractivity contribution in [3.05, 3.63) is 84.2 Å². The van der Waals surface area contributed by atoms with Crippen molar-refractivity contribution in [3.8, 4) is 11.5 Å². The predicted octanol–water partition coefficient (Wildman–Crippen LogP) is 2.48. The van der Waals surface area contributed by atoms with Gasteiger partial charge in [-0.1, -0.05) is 51.1 Å². The molecule has 2 aromatic carbocycles. The quantitative estimate of drug-likeness (QED) is 0.216. The Hall–Kier alpha value is -3.85. The normalized spacial score (nSPS) is 15.0. The molecule has 0 saturated carbocycles. The van der Waals surface area contributed by atoms with Crippen molar-refractivity contribution >= 4 is 31.6 Å². The average Bonchev–Trinajstić information content (AvgIpc) is 3.49. The summed E-state index contributed by atoms with van der Waals surface area (Å²) in [7, 11) is -8.10. The highest BCUT2D eigenvalue weighted by Crippen LogP contribution is 2.35. The van der Waals surface area contributed by atoms with Gasteiger partial charge in [0.1, 0.15) is 5.75 Å². The molecule has 0 radical (unpaired) electrons. The first-order valence-electron chi connectivity index (χ1n) is 14.8. The van der Waals surface area contributed by atoms with Crippen molar-refractivity contribution in [2.75, 3.05) is 31.4 Å². The molecule has 3 aromatic rings. The van der Waals surface area contributed by atoms with E-state index in [1.165, 1.54) is 54.0 Å². The van der Waals surface area contributed by atoms with Crippen molar-refractivity contribution in [1.29, 1.82) is 0 Å². The molecule has 0 aliphatic carbocycles. The third-order valence-corrected chi connectivity index (χ3v) is 10.9. The Kier molecular flexibility index (Phi) is 11.5. The number of amides is 1. The number of nitrogens with one attached hydrogen (secondary N) is 1. The number of rotatable bonds is 16. The molecule has 12 nitrogen and oxygen atoms in total. The van der Waals surface area contributed by atoms with Crippen LogP contribution >= 0.6 is 0 Å². The standard InChI is InChI=1S/C32H39N3O9S2/c1-22(2)17-35(46(41,42)26-11-12-30-31(15-26)44-21-43-30)18-28(36)27(14-24-8-5-4-6-9-24)34-32(38)23(3)19-45(39,40)20-29(37)25-10-7-13-33-16-25/h4-13,15-16,22-23,27-28,36H,14,17-21H2,1-3H3,(H,34,38)/t23-,27?,28-/m1/s1. The maximum absolute atomic E-state index is 13.8. The second-order valence-electron chi connectivity index (χ2n) is 11.7. The topological polar surface area (TPSA) is 169 Å². The summed E-state index contributed by atoms with van der Waals surface area (Å²) in [6.07, 6.45) is 1.51. The number of carbonyl (C=O) groups excluding carboxylic acids is 2. The third-order valence-electron chi connectivity index (χ3n) is 7.32. The Morgan fingerprint density at radius 3 is 2.35 bits per heavy atom. The number of ketones is 1. The highest BCUT2D eigenvalue weighted by molar-refractivity contribution is 7.92. The van der Waals surface area contributed by atoms with Gasteiger partial charge in [-0.2, -0.15) is 4.31 Å². The SMILES string of the molecule is CC(C)CN(C[C@@H](O)C(Cc1ccccc1)NC(=O)[C@H](C)CS(=O)(=O)CC(=O)c1cccnc1)S(=O)(=O)c1ccc2c(c1)OCO2. The Bertz CT molecular complexity index is 1720. The lowest BCUT2D eigenvalue weighted by Gasteiger charge is -2.31. The summed E-state index contributed by atoms with van der Waals surface area (Å²) in [5.41, 5.74) is 0.916. The largest absolute Gasteiger partial charge is 0.454 e. The number of benzene rings is 2. The second-order valence-corrected chi connectivity index (χ2v) is 15.8. The molecule has 1 aromatic heterocycles. The van der Waals surface area contributed by atoms with Crippen LogP contribution in [-0.2, 0) is 31.1 Å². The molecule has 1 aliphatic heterocycles. The number of Topliss-reactive ketones (excluding diaryl/α,β-unsaturated/α-hetero) is 1. The van der Waals surface area contributed by atoms with Gasteiger partial charge in [-0.25, -0.2) is 16.8 Å². The van der Waals surface area contributed by atoms with E-state index in [2.05, 4.69) is 10.3 Å². The molecule has 46 heavy (non-hydrogen) atoms. The lowest BCUT2D eigenvalue weighted by atomic mass is 10.00. The molecule has 0 bridgehead atoms. The molecule has 248 valence electrons. The lowest BCUT2D eigenvalue weighted by Crippen LogP contribution is -2.52. The summed E-state index contributed by atoms with van der Waals surface area (Å²) in [6.45, 7) is 4.83. The molecule has 3 atom stereocenters. The van der Waals surface area contributed by atoms with E-state index in [9.17, 15) is 31.5 Å². The van der Waals surface area contributed by atoms with Crippen LogP contribution in [-0.4, -0.2) is 86.5 Å². The maximum atomic E-state index is 13.8. The van der Waals surface area contributed by atoms with E-state index in [0.717, 1.165) is 5.56 Å². The van der Waals surface area contributed by atoms with E-state index >= 15 is 0 Å². The summed E-state index contributed by atoms with van der Waals surface area (Å²) in [5.74, 6) is -3.12. The number of pyridine rings is 1. The molecule has 4 rings (SSSR count). The van der Waals surface area contributed by atoms with Crippen molar-refractivity contribution in [2.45, 2.75) is 44.2 Å². The van der Waals surface area contributed by atoms with Gasteiger partial charge in [-0.15, -0.1) is 0 Å². The van der Waals surface area contributed by atoms with Crippen molar-refractivity contribution in [3.63, 3.8) is 0 Å². The molecule has 1 unspecified atom stereocenters. The van der Waals surface area contributed by atoms with Crippen molar-refractivity contribution < 1.29 is 41.0 Å². The Morgan fingerprint density at radius 1 is 0.957 bits per heavy atom. The molecule has 2 N–H and O–H groups in total. The van der Waals surface area contributed by atoms with E-state index in [-0.39, 0.29) is 42.7 Å². The molecular weight excluding hydrogens is 634 g/mol. The van der Waals surface area contributed by atoms with Gasteiger partial charge < -0.3 is 19.9 Å². The van der Waals surface area contributed by atoms with Gasteiger partial charge in [-0.05, 0) is 42.2 Å². The minimum Gasteiger partial charge on any atom is -0.454 e. The Morgan fingerprint density at radius 2 is 1.67 bits per heavy atom. The van der Waals surface area contributed by atoms with Crippen LogP contribution in [0.2, 0.25) is 0 Å². The first-order valence-corrected chi connectivity index (χ1v) is 18.1. The van der Waals surface area contributed by atoms with Gasteiger partial charge in [0.25, 0.3) is 0 Å². The monoisotopic (exact) mass is 673 g/mol. The zero-order valence-electron chi connectivity index (χ0n) is 25.9. The van der Waals surface area contributed by atoms with Crippen LogP contribution in [0, 0.1) is 11.8 Å². The summed E-state index contributed by atoms with van der Waals surface area (Å²) < 4.78 is 65.1. The van der Waals surface area contributed by atoms with Gasteiger partial charge in [0.05, 0.1) is 22.8 Å². The number of hydrogen-bond donors (Lipinski definition) is 2. The number of hydrogen-bond acceptors (Lipinski definition) is 10. The molecule has 0 saturated heterocycles. The lowest BCUT2D eigenvalue weighted by molar-refractivity contribution is -0.125. The van der Waals surface area contributed by atoms with Crippen LogP contribution in [0.1, 0.15) is 36.7 Å². The number of carbonyl (C=O) groups is 2. The molecule has 0 spiro atoms. The van der Waals surface area contributed by atoms with E-state index in [0.29, 0.717) is 11.5 Å². The zero-order valence-corrected chi connectivity index (χ0v) is 27.5. The average molecular weight is 674 g/mol. The van der Waals surface area contributed by atoms with Crippen LogP contribution in [0.25, 0.3) is 0 Å². The van der Waals surface area contributed by atoms with E-state index in [1.807, 2.05) is 19.9 Å². The minimum absolute atomic E-state index is 0.0192. The van der Waals surface area contributed by atoms with Gasteiger partial charge in [0, 0.05) is 43.0 Å². The second kappa shape index (κ2) is 15.2. The van der Waals surface area contributed by atoms with Gasteiger partial charge in [-0.3, -0.25) is 14.6 Å². The number of aromatic nitrogens is 1. The van der Waals surface area contributed by atoms with Crippen molar-refractivity contribution in [1.82, 2.24) is 14.6 Å². The fourth-order valence-corrected chi connectivity index (χ4v) is 8.24. The van der Waals surface area contributed by atoms with Crippen LogP contribution in [0.5, 0.6) is 11.5 Å². The molecule has 1 amide bonds. The number of fused-ring (bicyclic) bond motifs is 1. The summed E-state index contributed by atoms with van der Waals surface area (Å²) in [5, 5.41) is 14.2. The van der Waals surface area contributed by atoms with E-state index in [4.69, 9.17) is 9.47 Å². The Labute approximate surface area is 269 Å². The van der Waals surface area contributed by atoms with Crippen LogP contribution in [0.15, 0.2) is 78.0 Å². The van der Waals surface area contributed by atoms with E-state index in [1.54, 1.807) is 24.3 Å². The first kappa shape index (κ1) is 35.0.